The molecule has 26 heavy (non-hydrogen) atoms. The highest BCUT2D eigenvalue weighted by Crippen LogP contribution is 2.16. The largest absolute Gasteiger partial charge is 0.379 e. The quantitative estimate of drug-likeness (QED) is 0.777. The lowest BCUT2D eigenvalue weighted by atomic mass is 10.1. The highest BCUT2D eigenvalue weighted by Gasteiger charge is 2.26. The van der Waals surface area contributed by atoms with Gasteiger partial charge in [-0.1, -0.05) is 6.07 Å². The molecule has 7 heteroatoms. The van der Waals surface area contributed by atoms with Crippen LogP contribution in [0.2, 0.25) is 0 Å². The Morgan fingerprint density at radius 3 is 2.31 bits per heavy atom. The summed E-state index contributed by atoms with van der Waals surface area (Å²) in [6.45, 7) is 5.83. The Kier molecular flexibility index (Phi) is 6.11. The van der Waals surface area contributed by atoms with Crippen molar-refractivity contribution in [3.8, 4) is 0 Å². The lowest BCUT2D eigenvalue weighted by molar-refractivity contribution is -0.134. The molecule has 0 saturated carbocycles. The van der Waals surface area contributed by atoms with E-state index in [9.17, 15) is 9.59 Å². The Labute approximate surface area is 155 Å². The number of rotatable bonds is 4. The summed E-state index contributed by atoms with van der Waals surface area (Å²) < 4.78 is 5.32. The molecule has 0 radical (unpaired) electrons. The van der Waals surface area contributed by atoms with Gasteiger partial charge in [-0.25, -0.2) is 0 Å². The molecule has 2 aliphatic heterocycles. The van der Waals surface area contributed by atoms with Crippen molar-refractivity contribution < 1.29 is 14.3 Å². The van der Waals surface area contributed by atoms with Crippen LogP contribution in [0.15, 0.2) is 24.3 Å². The number of hydrogen-bond donors (Lipinski definition) is 0. The van der Waals surface area contributed by atoms with Crippen molar-refractivity contribution in [2.24, 2.45) is 0 Å². The van der Waals surface area contributed by atoms with Gasteiger partial charge in [-0.2, -0.15) is 0 Å². The minimum absolute atomic E-state index is 0.0361. The predicted octanol–water partition coefficient (Wildman–Crippen LogP) is 0.369. The lowest BCUT2D eigenvalue weighted by Gasteiger charge is -2.36. The number of benzene rings is 1. The molecule has 0 atom stereocenters. The SMILES string of the molecule is CN(C)c1cccc(C(=O)N2CCN(C(=O)CN3CCOCC3)CC2)c1. The Morgan fingerprint density at radius 2 is 1.65 bits per heavy atom. The van der Waals surface area contributed by atoms with E-state index < -0.39 is 0 Å². The number of hydrogen-bond acceptors (Lipinski definition) is 5. The van der Waals surface area contributed by atoms with Crippen molar-refractivity contribution in [3.63, 3.8) is 0 Å². The van der Waals surface area contributed by atoms with Crippen molar-refractivity contribution >= 4 is 17.5 Å². The van der Waals surface area contributed by atoms with E-state index in [0.29, 0.717) is 51.5 Å². The number of anilines is 1. The van der Waals surface area contributed by atoms with Crippen molar-refractivity contribution in [1.29, 1.82) is 0 Å². The number of piperazine rings is 1. The van der Waals surface area contributed by atoms with Gasteiger partial charge in [0.25, 0.3) is 5.91 Å². The number of nitrogens with zero attached hydrogens (tertiary/aromatic N) is 4. The van der Waals surface area contributed by atoms with Gasteiger partial charge in [-0.3, -0.25) is 14.5 Å². The molecule has 3 rings (SSSR count). The lowest BCUT2D eigenvalue weighted by Crippen LogP contribution is -2.53. The van der Waals surface area contributed by atoms with Crippen molar-refractivity contribution in [1.82, 2.24) is 14.7 Å². The van der Waals surface area contributed by atoms with E-state index in [0.717, 1.165) is 18.8 Å². The van der Waals surface area contributed by atoms with Crippen LogP contribution < -0.4 is 4.90 Å². The molecule has 0 aromatic heterocycles. The third-order valence-electron chi connectivity index (χ3n) is 4.99. The van der Waals surface area contributed by atoms with Gasteiger partial charge in [0.05, 0.1) is 19.8 Å². The average Bonchev–Trinajstić information content (AvgIpc) is 2.68. The maximum absolute atomic E-state index is 12.7. The molecule has 2 fully saturated rings. The maximum Gasteiger partial charge on any atom is 0.254 e. The smallest absolute Gasteiger partial charge is 0.254 e. The molecular weight excluding hydrogens is 332 g/mol. The predicted molar refractivity (Wildman–Crippen MR) is 101 cm³/mol. The molecule has 0 unspecified atom stereocenters. The van der Waals surface area contributed by atoms with Gasteiger partial charge < -0.3 is 19.4 Å². The van der Waals surface area contributed by atoms with E-state index in [-0.39, 0.29) is 11.8 Å². The fraction of sp³-hybridized carbons (Fsp3) is 0.579. The molecule has 1 aromatic rings. The maximum atomic E-state index is 12.7. The molecule has 0 spiro atoms. The van der Waals surface area contributed by atoms with Gasteiger partial charge in [0.15, 0.2) is 0 Å². The summed E-state index contributed by atoms with van der Waals surface area (Å²) in [6, 6.07) is 7.66. The highest BCUT2D eigenvalue weighted by molar-refractivity contribution is 5.95. The molecule has 0 aliphatic carbocycles. The Morgan fingerprint density at radius 1 is 1.00 bits per heavy atom. The molecular formula is C19H28N4O3. The number of ether oxygens (including phenoxy) is 1. The zero-order chi connectivity index (χ0) is 18.5. The fourth-order valence-corrected chi connectivity index (χ4v) is 3.31. The molecule has 1 aromatic carbocycles. The Hall–Kier alpha value is -2.12. The van der Waals surface area contributed by atoms with Gasteiger partial charge in [0.2, 0.25) is 5.91 Å². The van der Waals surface area contributed by atoms with Gasteiger partial charge in [-0.15, -0.1) is 0 Å². The van der Waals surface area contributed by atoms with Crippen molar-refractivity contribution in [2.75, 3.05) is 78.0 Å². The standard InChI is InChI=1S/C19H28N4O3/c1-20(2)17-5-3-4-16(14-17)19(25)23-8-6-22(7-9-23)18(24)15-21-10-12-26-13-11-21/h3-5,14H,6-13,15H2,1-2H3. The molecule has 2 aliphatic rings. The third-order valence-corrected chi connectivity index (χ3v) is 4.99. The molecule has 142 valence electrons. The van der Waals surface area contributed by atoms with Gasteiger partial charge in [0, 0.05) is 64.6 Å². The van der Waals surface area contributed by atoms with E-state index in [1.165, 1.54) is 0 Å². The van der Waals surface area contributed by atoms with Crippen LogP contribution in [-0.4, -0.2) is 99.6 Å². The van der Waals surface area contributed by atoms with Crippen LogP contribution in [0.4, 0.5) is 5.69 Å². The van der Waals surface area contributed by atoms with Gasteiger partial charge in [0.1, 0.15) is 0 Å². The summed E-state index contributed by atoms with van der Waals surface area (Å²) >= 11 is 0. The van der Waals surface area contributed by atoms with Crippen LogP contribution in [0, 0.1) is 0 Å². The van der Waals surface area contributed by atoms with Crippen LogP contribution in [0.3, 0.4) is 0 Å². The molecule has 2 saturated heterocycles. The molecule has 0 bridgehead atoms. The van der Waals surface area contributed by atoms with Crippen molar-refractivity contribution in [2.45, 2.75) is 0 Å². The number of amides is 2. The second-order valence-electron chi connectivity index (χ2n) is 7.01. The molecule has 2 heterocycles. The van der Waals surface area contributed by atoms with Gasteiger partial charge >= 0.3 is 0 Å². The van der Waals surface area contributed by atoms with E-state index in [1.54, 1.807) is 0 Å². The van der Waals surface area contributed by atoms with E-state index in [2.05, 4.69) is 4.90 Å². The van der Waals surface area contributed by atoms with Crippen LogP contribution in [0.1, 0.15) is 10.4 Å². The summed E-state index contributed by atoms with van der Waals surface area (Å²) in [5, 5.41) is 0. The first-order chi connectivity index (χ1) is 12.5. The van der Waals surface area contributed by atoms with Crippen LogP contribution >= 0.6 is 0 Å². The van der Waals surface area contributed by atoms with Crippen LogP contribution in [0.5, 0.6) is 0 Å². The number of carbonyl (C=O) groups excluding carboxylic acids is 2. The second-order valence-corrected chi connectivity index (χ2v) is 7.01. The normalized spacial score (nSPS) is 18.7. The van der Waals surface area contributed by atoms with E-state index in [4.69, 9.17) is 4.74 Å². The summed E-state index contributed by atoms with van der Waals surface area (Å²) in [4.78, 5) is 33.0. The minimum Gasteiger partial charge on any atom is -0.379 e. The van der Waals surface area contributed by atoms with Crippen LogP contribution in [0.25, 0.3) is 0 Å². The topological polar surface area (TPSA) is 56.3 Å². The third kappa shape index (κ3) is 4.53. The monoisotopic (exact) mass is 360 g/mol. The van der Waals surface area contributed by atoms with E-state index in [1.807, 2.05) is 53.1 Å². The zero-order valence-corrected chi connectivity index (χ0v) is 15.7. The van der Waals surface area contributed by atoms with Crippen LogP contribution in [-0.2, 0) is 9.53 Å². The van der Waals surface area contributed by atoms with Crippen molar-refractivity contribution in [3.05, 3.63) is 29.8 Å². The fourth-order valence-electron chi connectivity index (χ4n) is 3.31. The second kappa shape index (κ2) is 8.51. The summed E-state index contributed by atoms with van der Waals surface area (Å²) in [6.07, 6.45) is 0. The minimum atomic E-state index is 0.0361. The summed E-state index contributed by atoms with van der Waals surface area (Å²) in [7, 11) is 3.92. The Bertz CT molecular complexity index is 635. The first-order valence-electron chi connectivity index (χ1n) is 9.19. The summed E-state index contributed by atoms with van der Waals surface area (Å²) in [5.41, 5.74) is 1.71. The number of morpholine rings is 1. The average molecular weight is 360 g/mol. The highest BCUT2D eigenvalue weighted by atomic mass is 16.5. The molecule has 7 nitrogen and oxygen atoms in total. The first kappa shape index (κ1) is 18.7. The molecule has 0 N–H and O–H groups in total. The van der Waals surface area contributed by atoms with E-state index >= 15 is 0 Å². The first-order valence-corrected chi connectivity index (χ1v) is 9.19. The van der Waals surface area contributed by atoms with Gasteiger partial charge in [-0.05, 0) is 18.2 Å². The zero-order valence-electron chi connectivity index (χ0n) is 15.7. The molecule has 2 amide bonds. The number of carbonyl (C=O) groups is 2. The summed E-state index contributed by atoms with van der Waals surface area (Å²) in [5.74, 6) is 0.183. The Balaban J connectivity index is 1.52.